The summed E-state index contributed by atoms with van der Waals surface area (Å²) in [5, 5.41) is 7.43. The molecule has 5 heteroatoms. The lowest BCUT2D eigenvalue weighted by Gasteiger charge is -2.07. The quantitative estimate of drug-likeness (QED) is 0.583. The van der Waals surface area contributed by atoms with E-state index in [2.05, 4.69) is 15.4 Å². The summed E-state index contributed by atoms with van der Waals surface area (Å²) >= 11 is 0. The van der Waals surface area contributed by atoms with Crippen molar-refractivity contribution < 1.29 is 4.79 Å². The Morgan fingerprint density at radius 3 is 2.59 bits per heavy atom. The van der Waals surface area contributed by atoms with E-state index < -0.39 is 0 Å². The monoisotopic (exact) mass is 354 g/mol. The average Bonchev–Trinajstić information content (AvgIpc) is 3.18. The number of pyridine rings is 1. The molecule has 0 saturated carbocycles. The van der Waals surface area contributed by atoms with Crippen LogP contribution in [0.2, 0.25) is 0 Å². The van der Waals surface area contributed by atoms with E-state index >= 15 is 0 Å². The topological polar surface area (TPSA) is 59.8 Å². The average molecular weight is 354 g/mol. The van der Waals surface area contributed by atoms with Crippen LogP contribution in [0.15, 0.2) is 91.3 Å². The summed E-state index contributed by atoms with van der Waals surface area (Å²) in [6, 6.07) is 25.0. The van der Waals surface area contributed by atoms with Crippen molar-refractivity contribution in [1.82, 2.24) is 14.8 Å². The highest BCUT2D eigenvalue weighted by Crippen LogP contribution is 2.17. The molecule has 2 aromatic carbocycles. The lowest BCUT2D eigenvalue weighted by Crippen LogP contribution is -2.13. The van der Waals surface area contributed by atoms with Crippen molar-refractivity contribution in [3.05, 3.63) is 102 Å². The van der Waals surface area contributed by atoms with Crippen molar-refractivity contribution in [2.24, 2.45) is 0 Å². The molecule has 1 amide bonds. The standard InChI is InChI=1S/C22H18N4O/c27-22(24-21-11-4-5-13-23-21)19-10-6-7-17(15-19)16-26-14-12-20(25-26)18-8-2-1-3-9-18/h1-15H,16H2,(H,23,24,27). The minimum absolute atomic E-state index is 0.180. The molecule has 0 aliphatic carbocycles. The van der Waals surface area contributed by atoms with E-state index in [1.54, 1.807) is 18.3 Å². The van der Waals surface area contributed by atoms with Crippen LogP contribution in [0, 0.1) is 0 Å². The molecule has 4 rings (SSSR count). The number of anilines is 1. The van der Waals surface area contributed by atoms with E-state index in [0.717, 1.165) is 16.8 Å². The number of hydrogen-bond acceptors (Lipinski definition) is 3. The molecule has 4 aromatic rings. The zero-order valence-electron chi connectivity index (χ0n) is 14.6. The van der Waals surface area contributed by atoms with Gasteiger partial charge in [-0.25, -0.2) is 4.98 Å². The highest BCUT2D eigenvalue weighted by molar-refractivity contribution is 6.03. The number of benzene rings is 2. The van der Waals surface area contributed by atoms with E-state index in [-0.39, 0.29) is 5.91 Å². The Hall–Kier alpha value is -3.73. The van der Waals surface area contributed by atoms with Crippen molar-refractivity contribution in [2.45, 2.75) is 6.54 Å². The first-order valence-electron chi connectivity index (χ1n) is 8.68. The zero-order valence-corrected chi connectivity index (χ0v) is 14.6. The van der Waals surface area contributed by atoms with E-state index in [0.29, 0.717) is 17.9 Å². The number of nitrogens with zero attached hydrogens (tertiary/aromatic N) is 3. The van der Waals surface area contributed by atoms with Gasteiger partial charge in [-0.1, -0.05) is 48.5 Å². The molecule has 132 valence electrons. The summed E-state index contributed by atoms with van der Waals surface area (Å²) in [5.41, 5.74) is 3.61. The second-order valence-electron chi connectivity index (χ2n) is 6.13. The number of amides is 1. The van der Waals surface area contributed by atoms with Crippen molar-refractivity contribution >= 4 is 11.7 Å². The van der Waals surface area contributed by atoms with E-state index in [1.807, 2.05) is 77.6 Å². The summed E-state index contributed by atoms with van der Waals surface area (Å²) in [7, 11) is 0. The smallest absolute Gasteiger partial charge is 0.256 e. The van der Waals surface area contributed by atoms with Gasteiger partial charge in [-0.15, -0.1) is 0 Å². The molecule has 27 heavy (non-hydrogen) atoms. The minimum atomic E-state index is -0.180. The molecule has 0 fully saturated rings. The Kier molecular flexibility index (Phi) is 4.74. The van der Waals surface area contributed by atoms with Gasteiger partial charge in [0.15, 0.2) is 0 Å². The number of carbonyl (C=O) groups excluding carboxylic acids is 1. The summed E-state index contributed by atoms with van der Waals surface area (Å²) in [6.07, 6.45) is 3.59. The lowest BCUT2D eigenvalue weighted by atomic mass is 10.1. The first-order chi connectivity index (χ1) is 13.3. The third kappa shape index (κ3) is 4.10. The maximum atomic E-state index is 12.4. The number of carbonyl (C=O) groups is 1. The highest BCUT2D eigenvalue weighted by Gasteiger charge is 2.08. The van der Waals surface area contributed by atoms with Crippen LogP contribution in [0.5, 0.6) is 0 Å². The van der Waals surface area contributed by atoms with Gasteiger partial charge in [0.05, 0.1) is 12.2 Å². The molecule has 0 bridgehead atoms. The first kappa shape index (κ1) is 16.7. The molecule has 0 aliphatic rings. The Bertz CT molecular complexity index is 1040. The van der Waals surface area contributed by atoms with Crippen molar-refractivity contribution in [3.63, 3.8) is 0 Å². The fourth-order valence-electron chi connectivity index (χ4n) is 2.84. The minimum Gasteiger partial charge on any atom is -0.307 e. The van der Waals surface area contributed by atoms with E-state index in [4.69, 9.17) is 0 Å². The Morgan fingerprint density at radius 2 is 1.78 bits per heavy atom. The molecule has 2 heterocycles. The van der Waals surface area contributed by atoms with Gasteiger partial charge in [0.2, 0.25) is 0 Å². The third-order valence-corrected chi connectivity index (χ3v) is 4.15. The fraction of sp³-hybridized carbons (Fsp3) is 0.0455. The van der Waals surface area contributed by atoms with Gasteiger partial charge in [-0.3, -0.25) is 9.48 Å². The van der Waals surface area contributed by atoms with Crippen molar-refractivity contribution in [2.75, 3.05) is 5.32 Å². The van der Waals surface area contributed by atoms with E-state index in [9.17, 15) is 4.79 Å². The first-order valence-corrected chi connectivity index (χ1v) is 8.68. The molecule has 2 aromatic heterocycles. The van der Waals surface area contributed by atoms with Gasteiger partial charge in [-0.2, -0.15) is 5.10 Å². The van der Waals surface area contributed by atoms with Crippen LogP contribution in [0.3, 0.4) is 0 Å². The third-order valence-electron chi connectivity index (χ3n) is 4.15. The number of rotatable bonds is 5. The summed E-state index contributed by atoms with van der Waals surface area (Å²) in [6.45, 7) is 0.595. The van der Waals surface area contributed by atoms with Crippen LogP contribution in [0.4, 0.5) is 5.82 Å². The molecular weight excluding hydrogens is 336 g/mol. The number of nitrogens with one attached hydrogen (secondary N) is 1. The number of hydrogen-bond donors (Lipinski definition) is 1. The summed E-state index contributed by atoms with van der Waals surface area (Å²) in [5.74, 6) is 0.355. The molecule has 0 spiro atoms. The van der Waals surface area contributed by atoms with Gasteiger partial charge >= 0.3 is 0 Å². The maximum absolute atomic E-state index is 12.4. The number of aromatic nitrogens is 3. The van der Waals surface area contributed by atoms with Gasteiger partial charge in [0.25, 0.3) is 5.91 Å². The molecule has 0 aliphatic heterocycles. The van der Waals surface area contributed by atoms with Gasteiger partial charge < -0.3 is 5.32 Å². The molecule has 0 saturated heterocycles. The highest BCUT2D eigenvalue weighted by atomic mass is 16.1. The lowest BCUT2D eigenvalue weighted by molar-refractivity contribution is 0.102. The molecule has 0 unspecified atom stereocenters. The van der Waals surface area contributed by atoms with Crippen LogP contribution >= 0.6 is 0 Å². The SMILES string of the molecule is O=C(Nc1ccccn1)c1cccc(Cn2ccc(-c3ccccc3)n2)c1. The summed E-state index contributed by atoms with van der Waals surface area (Å²) < 4.78 is 1.87. The van der Waals surface area contributed by atoms with Gasteiger partial charge in [0.1, 0.15) is 5.82 Å². The predicted molar refractivity (Wildman–Crippen MR) is 105 cm³/mol. The van der Waals surface area contributed by atoms with Crippen LogP contribution in [-0.4, -0.2) is 20.7 Å². The zero-order chi connectivity index (χ0) is 18.5. The predicted octanol–water partition coefficient (Wildman–Crippen LogP) is 4.25. The van der Waals surface area contributed by atoms with Crippen LogP contribution < -0.4 is 5.32 Å². The second kappa shape index (κ2) is 7.66. The normalized spacial score (nSPS) is 10.5. The summed E-state index contributed by atoms with van der Waals surface area (Å²) in [4.78, 5) is 16.6. The van der Waals surface area contributed by atoms with Crippen molar-refractivity contribution in [1.29, 1.82) is 0 Å². The van der Waals surface area contributed by atoms with Crippen LogP contribution in [-0.2, 0) is 6.54 Å². The Labute approximate surface area is 157 Å². The molecular formula is C22H18N4O. The largest absolute Gasteiger partial charge is 0.307 e. The van der Waals surface area contributed by atoms with Crippen molar-refractivity contribution in [3.8, 4) is 11.3 Å². The van der Waals surface area contributed by atoms with Crippen LogP contribution in [0.25, 0.3) is 11.3 Å². The maximum Gasteiger partial charge on any atom is 0.256 e. The fourth-order valence-corrected chi connectivity index (χ4v) is 2.84. The van der Waals surface area contributed by atoms with Gasteiger partial charge in [0, 0.05) is 23.5 Å². The second-order valence-corrected chi connectivity index (χ2v) is 6.13. The molecule has 0 radical (unpaired) electrons. The Morgan fingerprint density at radius 1 is 0.926 bits per heavy atom. The van der Waals surface area contributed by atoms with Gasteiger partial charge in [-0.05, 0) is 35.9 Å². The molecule has 0 atom stereocenters. The molecule has 1 N–H and O–H groups in total. The molecule has 5 nitrogen and oxygen atoms in total. The van der Waals surface area contributed by atoms with E-state index in [1.165, 1.54) is 0 Å². The van der Waals surface area contributed by atoms with Crippen LogP contribution in [0.1, 0.15) is 15.9 Å². The Balaban J connectivity index is 1.48.